The number of para-hydroxylation sites is 1. The van der Waals surface area contributed by atoms with Crippen molar-refractivity contribution in [2.75, 3.05) is 11.2 Å². The number of hydrogen-bond donors (Lipinski definition) is 1. The van der Waals surface area contributed by atoms with E-state index in [1.165, 1.54) is 59.9 Å². The van der Waals surface area contributed by atoms with E-state index in [0.717, 1.165) is 17.7 Å². The number of halogens is 1. The Morgan fingerprint density at radius 2 is 1.85 bits per heavy atom. The summed E-state index contributed by atoms with van der Waals surface area (Å²) in [5.41, 5.74) is 9.05. The second-order valence-electron chi connectivity index (χ2n) is 7.79. The molecule has 0 unspecified atom stereocenters. The molecule has 0 atom stereocenters. The molecular weight excluding hydrogens is 354 g/mol. The minimum atomic E-state index is -0.157. The molecule has 0 aromatic heterocycles. The lowest BCUT2D eigenvalue weighted by Gasteiger charge is -2.26. The highest BCUT2D eigenvalue weighted by atomic mass is 35.5. The summed E-state index contributed by atoms with van der Waals surface area (Å²) in [5, 5.41) is 2.99. The summed E-state index contributed by atoms with van der Waals surface area (Å²) in [7, 11) is 0. The van der Waals surface area contributed by atoms with E-state index >= 15 is 0 Å². The van der Waals surface area contributed by atoms with Gasteiger partial charge >= 0.3 is 0 Å². The van der Waals surface area contributed by atoms with Crippen LogP contribution in [0.5, 0.6) is 0 Å². The van der Waals surface area contributed by atoms with Gasteiger partial charge < -0.3 is 5.32 Å². The summed E-state index contributed by atoms with van der Waals surface area (Å²) in [4.78, 5) is 11.9. The number of hydrogen-bond acceptors (Lipinski definition) is 1. The van der Waals surface area contributed by atoms with Crippen LogP contribution in [0.25, 0.3) is 11.1 Å². The van der Waals surface area contributed by atoms with Crippen LogP contribution < -0.4 is 5.32 Å². The number of alkyl halides is 1. The molecule has 2 aliphatic carbocycles. The Balaban J connectivity index is 1.83. The van der Waals surface area contributed by atoms with E-state index in [2.05, 4.69) is 42.6 Å². The molecule has 0 aliphatic heterocycles. The molecule has 140 valence electrons. The van der Waals surface area contributed by atoms with Crippen molar-refractivity contribution in [3.05, 3.63) is 64.7 Å². The number of aryl methyl sites for hydroxylation is 1. The van der Waals surface area contributed by atoms with E-state index in [9.17, 15) is 4.79 Å². The number of rotatable bonds is 4. The van der Waals surface area contributed by atoms with Gasteiger partial charge in [0.2, 0.25) is 5.91 Å². The molecule has 0 heterocycles. The quantitative estimate of drug-likeness (QED) is 0.627. The third-order valence-corrected chi connectivity index (χ3v) is 6.15. The van der Waals surface area contributed by atoms with Gasteiger partial charge in [0.1, 0.15) is 5.88 Å². The van der Waals surface area contributed by atoms with E-state index in [0.29, 0.717) is 5.92 Å². The minimum absolute atomic E-state index is 0.0255. The van der Waals surface area contributed by atoms with Gasteiger partial charge in [0.25, 0.3) is 0 Å². The lowest BCUT2D eigenvalue weighted by Crippen LogP contribution is -2.14. The van der Waals surface area contributed by atoms with Crippen LogP contribution in [0.2, 0.25) is 0 Å². The van der Waals surface area contributed by atoms with Crippen LogP contribution in [0.3, 0.4) is 0 Å². The normalized spacial score (nSPS) is 17.1. The molecule has 2 aromatic carbocycles. The third kappa shape index (κ3) is 3.68. The van der Waals surface area contributed by atoms with Crippen LogP contribution >= 0.6 is 11.6 Å². The molecule has 2 aliphatic rings. The van der Waals surface area contributed by atoms with E-state index in [-0.39, 0.29) is 11.8 Å². The second kappa shape index (κ2) is 7.90. The molecule has 0 radical (unpaired) electrons. The van der Waals surface area contributed by atoms with Crippen molar-refractivity contribution in [2.24, 2.45) is 5.92 Å². The highest BCUT2D eigenvalue weighted by Gasteiger charge is 2.30. The van der Waals surface area contributed by atoms with Gasteiger partial charge in [-0.3, -0.25) is 4.79 Å². The number of carbonyl (C=O) groups excluding carboxylic acids is 1. The molecule has 0 spiro atoms. The average molecular weight is 380 g/mol. The number of fused-ring (bicyclic) bond motifs is 1. The maximum Gasteiger partial charge on any atom is 0.239 e. The van der Waals surface area contributed by atoms with Crippen LogP contribution in [-0.4, -0.2) is 11.8 Å². The molecule has 1 N–H and O–H groups in total. The minimum Gasteiger partial charge on any atom is -0.324 e. The first-order valence-electron chi connectivity index (χ1n) is 9.95. The fraction of sp³-hybridized carbons (Fsp3) is 0.375. The molecule has 0 bridgehead atoms. The zero-order valence-electron chi connectivity index (χ0n) is 15.9. The van der Waals surface area contributed by atoms with E-state index < -0.39 is 0 Å². The molecule has 2 nitrogen and oxygen atoms in total. The Labute approximate surface area is 166 Å². The molecule has 0 saturated heterocycles. The maximum absolute atomic E-state index is 11.9. The third-order valence-electron chi connectivity index (χ3n) is 5.90. The highest BCUT2D eigenvalue weighted by Crippen LogP contribution is 2.48. The molecule has 3 heteroatoms. The van der Waals surface area contributed by atoms with Gasteiger partial charge in [-0.05, 0) is 60.4 Å². The van der Waals surface area contributed by atoms with Crippen molar-refractivity contribution >= 4 is 34.3 Å². The van der Waals surface area contributed by atoms with Gasteiger partial charge in [0, 0.05) is 11.3 Å². The standard InChI is InChI=1S/C24H26ClNO/c1-16-11-12-19-18(13-16)14-21(24(19)17-7-3-2-4-8-17)20-9-5-6-10-22(20)26-23(27)15-25/h5-6,9-13,17H,2-4,7-8,14-15H2,1H3,(H,26,27). The number of carbonyl (C=O) groups is 1. The second-order valence-corrected chi connectivity index (χ2v) is 8.06. The van der Waals surface area contributed by atoms with Crippen molar-refractivity contribution in [3.63, 3.8) is 0 Å². The number of nitrogens with one attached hydrogen (secondary N) is 1. The molecule has 4 rings (SSSR count). The average Bonchev–Trinajstić information content (AvgIpc) is 3.07. The van der Waals surface area contributed by atoms with E-state index in [4.69, 9.17) is 11.6 Å². The predicted octanol–water partition coefficient (Wildman–Crippen LogP) is 6.22. The first kappa shape index (κ1) is 18.3. The summed E-state index contributed by atoms with van der Waals surface area (Å²) >= 11 is 5.73. The first-order valence-corrected chi connectivity index (χ1v) is 10.5. The number of benzene rings is 2. The lowest BCUT2D eigenvalue weighted by molar-refractivity contribution is -0.113. The summed E-state index contributed by atoms with van der Waals surface area (Å²) in [5.74, 6) is 0.437. The first-order chi connectivity index (χ1) is 13.2. The van der Waals surface area contributed by atoms with Gasteiger partial charge in [-0.25, -0.2) is 0 Å². The van der Waals surface area contributed by atoms with Gasteiger partial charge in [-0.15, -0.1) is 11.6 Å². The van der Waals surface area contributed by atoms with E-state index in [1.807, 2.05) is 12.1 Å². The van der Waals surface area contributed by atoms with Crippen molar-refractivity contribution in [3.8, 4) is 0 Å². The molecule has 1 amide bonds. The van der Waals surface area contributed by atoms with Crippen LogP contribution in [0.4, 0.5) is 5.69 Å². The van der Waals surface area contributed by atoms with Crippen LogP contribution in [0.1, 0.15) is 54.4 Å². The van der Waals surface area contributed by atoms with Gasteiger partial charge in [-0.1, -0.05) is 61.2 Å². The van der Waals surface area contributed by atoms with Gasteiger partial charge in [0.15, 0.2) is 0 Å². The fourth-order valence-electron chi connectivity index (χ4n) is 4.72. The van der Waals surface area contributed by atoms with Crippen molar-refractivity contribution < 1.29 is 4.79 Å². The van der Waals surface area contributed by atoms with Crippen molar-refractivity contribution in [2.45, 2.75) is 45.4 Å². The SMILES string of the molecule is Cc1ccc2c(c1)CC(c1ccccc1NC(=O)CCl)=C2C1CCCCC1. The number of amides is 1. The monoisotopic (exact) mass is 379 g/mol. The zero-order valence-corrected chi connectivity index (χ0v) is 16.6. The topological polar surface area (TPSA) is 29.1 Å². The molecule has 27 heavy (non-hydrogen) atoms. The summed E-state index contributed by atoms with van der Waals surface area (Å²) < 4.78 is 0. The fourth-order valence-corrected chi connectivity index (χ4v) is 4.78. The van der Waals surface area contributed by atoms with Gasteiger partial charge in [-0.2, -0.15) is 0 Å². The number of anilines is 1. The summed E-state index contributed by atoms with van der Waals surface area (Å²) in [6.07, 6.45) is 7.45. The Morgan fingerprint density at radius 1 is 1.07 bits per heavy atom. The molecule has 1 fully saturated rings. The highest BCUT2D eigenvalue weighted by molar-refractivity contribution is 6.29. The van der Waals surface area contributed by atoms with Gasteiger partial charge in [0.05, 0.1) is 0 Å². The Kier molecular flexibility index (Phi) is 5.36. The molecule has 1 saturated carbocycles. The number of allylic oxidation sites excluding steroid dienone is 2. The predicted molar refractivity (Wildman–Crippen MR) is 114 cm³/mol. The zero-order chi connectivity index (χ0) is 18.8. The Bertz CT molecular complexity index is 893. The Hall–Kier alpha value is -2.06. The van der Waals surface area contributed by atoms with E-state index in [1.54, 1.807) is 0 Å². The van der Waals surface area contributed by atoms with Crippen molar-refractivity contribution in [1.29, 1.82) is 0 Å². The molecular formula is C24H26ClNO. The van der Waals surface area contributed by atoms with Crippen LogP contribution in [-0.2, 0) is 11.2 Å². The maximum atomic E-state index is 11.9. The summed E-state index contributed by atoms with van der Waals surface area (Å²) in [6, 6.07) is 15.0. The largest absolute Gasteiger partial charge is 0.324 e. The van der Waals surface area contributed by atoms with Crippen LogP contribution in [0.15, 0.2) is 42.5 Å². The van der Waals surface area contributed by atoms with Crippen LogP contribution in [0, 0.1) is 12.8 Å². The Morgan fingerprint density at radius 3 is 2.63 bits per heavy atom. The summed E-state index contributed by atoms with van der Waals surface area (Å²) in [6.45, 7) is 2.16. The van der Waals surface area contributed by atoms with Crippen molar-refractivity contribution in [1.82, 2.24) is 0 Å². The molecule has 2 aromatic rings. The smallest absolute Gasteiger partial charge is 0.239 e. The lowest BCUT2D eigenvalue weighted by atomic mass is 9.79.